The summed E-state index contributed by atoms with van der Waals surface area (Å²) in [5, 5.41) is 0. The Kier molecular flexibility index (Phi) is 8.49. The average Bonchev–Trinajstić information content (AvgIpc) is 2.99. The minimum atomic E-state index is -0.487. The molecule has 196 valence electrons. The fourth-order valence-corrected chi connectivity index (χ4v) is 4.32. The number of carbonyl (C=O) groups is 1. The molecule has 0 fully saturated rings. The van der Waals surface area contributed by atoms with E-state index in [1.807, 2.05) is 72.8 Å². The number of allylic oxidation sites excluding steroid dienone is 3. The molecule has 0 N–H and O–H groups in total. The molecule has 0 aromatic heterocycles. The lowest BCUT2D eigenvalue weighted by Gasteiger charge is -2.19. The van der Waals surface area contributed by atoms with Gasteiger partial charge in [-0.1, -0.05) is 91.0 Å². The normalized spacial score (nSPS) is 12.5. The Morgan fingerprint density at radius 1 is 0.744 bits per heavy atom. The minimum absolute atomic E-state index is 0.148. The summed E-state index contributed by atoms with van der Waals surface area (Å²) < 4.78 is 32.1. The molecule has 1 aliphatic carbocycles. The predicted molar refractivity (Wildman–Crippen MR) is 150 cm³/mol. The van der Waals surface area contributed by atoms with E-state index in [1.165, 1.54) is 12.1 Å². The summed E-state index contributed by atoms with van der Waals surface area (Å²) in [4.78, 5) is 13.2. The van der Waals surface area contributed by atoms with Gasteiger partial charge in [-0.25, -0.2) is 9.18 Å². The van der Waals surface area contributed by atoms with Crippen molar-refractivity contribution in [1.82, 2.24) is 0 Å². The standard InChI is InChI=1S/C34H29FO4/c35-30-18-16-28(17-19-30)33-31(37-22-25-10-4-1-5-11-25)20-29(34(36)39-24-27-14-8-3-9-15-27)21-32(33)38-23-26-12-6-2-7-13-26/h1-6,8-12,14-21H,7,13,22-24H2. The Labute approximate surface area is 228 Å². The van der Waals surface area contributed by atoms with Crippen molar-refractivity contribution in [3.63, 3.8) is 0 Å². The summed E-state index contributed by atoms with van der Waals surface area (Å²) in [6.07, 6.45) is 8.04. The second kappa shape index (κ2) is 12.7. The van der Waals surface area contributed by atoms with Crippen molar-refractivity contribution >= 4 is 5.97 Å². The second-order valence-corrected chi connectivity index (χ2v) is 9.27. The molecular formula is C34H29FO4. The summed E-state index contributed by atoms with van der Waals surface area (Å²) in [6.45, 7) is 0.793. The highest BCUT2D eigenvalue weighted by Gasteiger charge is 2.21. The monoisotopic (exact) mass is 520 g/mol. The van der Waals surface area contributed by atoms with E-state index in [4.69, 9.17) is 14.2 Å². The van der Waals surface area contributed by atoms with Crippen LogP contribution < -0.4 is 9.47 Å². The number of esters is 1. The number of hydrogen-bond donors (Lipinski definition) is 0. The van der Waals surface area contributed by atoms with Crippen LogP contribution in [0.2, 0.25) is 0 Å². The van der Waals surface area contributed by atoms with Crippen LogP contribution in [0.3, 0.4) is 0 Å². The zero-order valence-corrected chi connectivity index (χ0v) is 21.5. The van der Waals surface area contributed by atoms with Crippen LogP contribution >= 0.6 is 0 Å². The fourth-order valence-electron chi connectivity index (χ4n) is 4.32. The largest absolute Gasteiger partial charge is 0.488 e. The van der Waals surface area contributed by atoms with Crippen LogP contribution in [0, 0.1) is 5.82 Å². The maximum atomic E-state index is 13.8. The molecule has 4 aromatic rings. The third-order valence-corrected chi connectivity index (χ3v) is 6.40. The first-order valence-corrected chi connectivity index (χ1v) is 12.9. The number of ether oxygens (including phenoxy) is 3. The van der Waals surface area contributed by atoms with E-state index in [0.29, 0.717) is 29.2 Å². The van der Waals surface area contributed by atoms with Gasteiger partial charge in [-0.3, -0.25) is 0 Å². The molecule has 0 saturated carbocycles. The van der Waals surface area contributed by atoms with E-state index in [2.05, 4.69) is 6.08 Å². The van der Waals surface area contributed by atoms with Crippen LogP contribution in [0.5, 0.6) is 11.5 Å². The van der Waals surface area contributed by atoms with Gasteiger partial charge in [-0.2, -0.15) is 0 Å². The summed E-state index contributed by atoms with van der Waals surface area (Å²) in [6, 6.07) is 28.8. The SMILES string of the molecule is O=C(OCc1ccccc1)c1cc(OCC2=CC=CCC2)c(-c2ccc(F)cc2)c(OCc2ccccc2)c1. The number of halogens is 1. The van der Waals surface area contributed by atoms with Gasteiger partial charge < -0.3 is 14.2 Å². The lowest BCUT2D eigenvalue weighted by atomic mass is 10.0. The van der Waals surface area contributed by atoms with Crippen LogP contribution in [0.1, 0.15) is 34.3 Å². The Morgan fingerprint density at radius 2 is 1.36 bits per heavy atom. The van der Waals surface area contributed by atoms with E-state index >= 15 is 0 Å². The van der Waals surface area contributed by atoms with Crippen molar-refractivity contribution in [2.45, 2.75) is 26.1 Å². The van der Waals surface area contributed by atoms with Crippen LogP contribution in [0.25, 0.3) is 11.1 Å². The first-order chi connectivity index (χ1) is 19.2. The highest BCUT2D eigenvalue weighted by Crippen LogP contribution is 2.41. The van der Waals surface area contributed by atoms with Crippen molar-refractivity contribution < 1.29 is 23.4 Å². The molecule has 1 aliphatic rings. The first-order valence-electron chi connectivity index (χ1n) is 12.9. The summed E-state index contributed by atoms with van der Waals surface area (Å²) >= 11 is 0. The number of hydrogen-bond acceptors (Lipinski definition) is 4. The molecular weight excluding hydrogens is 491 g/mol. The maximum Gasteiger partial charge on any atom is 0.338 e. The van der Waals surface area contributed by atoms with E-state index in [-0.39, 0.29) is 19.0 Å². The van der Waals surface area contributed by atoms with Crippen molar-refractivity contribution in [3.05, 3.63) is 143 Å². The lowest BCUT2D eigenvalue weighted by Crippen LogP contribution is -2.09. The zero-order chi connectivity index (χ0) is 26.9. The van der Waals surface area contributed by atoms with Gasteiger partial charge in [-0.05, 0) is 59.4 Å². The molecule has 0 aliphatic heterocycles. The Balaban J connectivity index is 1.51. The van der Waals surface area contributed by atoms with Crippen LogP contribution in [-0.2, 0) is 18.0 Å². The summed E-state index contributed by atoms with van der Waals surface area (Å²) in [5.74, 6) is 0.0911. The summed E-state index contributed by atoms with van der Waals surface area (Å²) in [5.41, 5.74) is 4.69. The quantitative estimate of drug-likeness (QED) is 0.198. The zero-order valence-electron chi connectivity index (χ0n) is 21.5. The van der Waals surface area contributed by atoms with Gasteiger partial charge in [0.05, 0.1) is 11.1 Å². The average molecular weight is 521 g/mol. The number of benzene rings is 4. The van der Waals surface area contributed by atoms with Crippen LogP contribution in [0.15, 0.2) is 121 Å². The molecule has 5 heteroatoms. The van der Waals surface area contributed by atoms with E-state index < -0.39 is 5.97 Å². The fraction of sp³-hybridized carbons (Fsp3) is 0.147. The molecule has 0 amide bonds. The Bertz CT molecular complexity index is 1460. The molecule has 0 bridgehead atoms. The van der Waals surface area contributed by atoms with Crippen LogP contribution in [0.4, 0.5) is 4.39 Å². The number of carbonyl (C=O) groups excluding carboxylic acids is 1. The first kappa shape index (κ1) is 26.0. The molecule has 0 radical (unpaired) electrons. The van der Waals surface area contributed by atoms with E-state index in [9.17, 15) is 9.18 Å². The highest BCUT2D eigenvalue weighted by atomic mass is 19.1. The Morgan fingerprint density at radius 3 is 1.97 bits per heavy atom. The van der Waals surface area contributed by atoms with E-state index in [0.717, 1.165) is 35.1 Å². The van der Waals surface area contributed by atoms with E-state index in [1.54, 1.807) is 24.3 Å². The third-order valence-electron chi connectivity index (χ3n) is 6.40. The number of rotatable bonds is 10. The lowest BCUT2D eigenvalue weighted by molar-refractivity contribution is 0.0471. The molecule has 4 nitrogen and oxygen atoms in total. The maximum absolute atomic E-state index is 13.8. The predicted octanol–water partition coefficient (Wildman–Crippen LogP) is 8.08. The molecule has 0 atom stereocenters. The van der Waals surface area contributed by atoms with Gasteiger partial charge in [0, 0.05) is 0 Å². The minimum Gasteiger partial charge on any atom is -0.488 e. The van der Waals surface area contributed by atoms with Gasteiger partial charge in [-0.15, -0.1) is 0 Å². The van der Waals surface area contributed by atoms with Crippen molar-refractivity contribution in [2.75, 3.05) is 6.61 Å². The molecule has 4 aromatic carbocycles. The smallest absolute Gasteiger partial charge is 0.338 e. The highest BCUT2D eigenvalue weighted by molar-refractivity contribution is 5.93. The third kappa shape index (κ3) is 7.02. The van der Waals surface area contributed by atoms with Gasteiger partial charge in [0.25, 0.3) is 0 Å². The molecule has 5 rings (SSSR count). The second-order valence-electron chi connectivity index (χ2n) is 9.27. The van der Waals surface area contributed by atoms with Crippen molar-refractivity contribution in [3.8, 4) is 22.6 Å². The van der Waals surface area contributed by atoms with Gasteiger partial charge in [0.1, 0.15) is 37.1 Å². The molecule has 0 unspecified atom stereocenters. The van der Waals surface area contributed by atoms with Gasteiger partial charge in [0.15, 0.2) is 0 Å². The molecule has 39 heavy (non-hydrogen) atoms. The van der Waals surface area contributed by atoms with Gasteiger partial charge >= 0.3 is 5.97 Å². The topological polar surface area (TPSA) is 44.8 Å². The summed E-state index contributed by atoms with van der Waals surface area (Å²) in [7, 11) is 0. The van der Waals surface area contributed by atoms with Crippen molar-refractivity contribution in [1.29, 1.82) is 0 Å². The molecule has 0 saturated heterocycles. The van der Waals surface area contributed by atoms with Gasteiger partial charge in [0.2, 0.25) is 0 Å². The van der Waals surface area contributed by atoms with Crippen molar-refractivity contribution in [2.24, 2.45) is 0 Å². The van der Waals surface area contributed by atoms with Crippen LogP contribution in [-0.4, -0.2) is 12.6 Å². The Hall–Kier alpha value is -4.64. The molecule has 0 spiro atoms. The molecule has 0 heterocycles.